The number of amides is 2. The first-order valence-corrected chi connectivity index (χ1v) is 6.84. The second-order valence-corrected chi connectivity index (χ2v) is 5.28. The molecule has 1 unspecified atom stereocenters. The Kier molecular flexibility index (Phi) is 3.40. The predicted molar refractivity (Wildman–Crippen MR) is 75.0 cm³/mol. The maximum absolute atomic E-state index is 12.4. The standard InChI is InChI=1S/C14H20N4O/c15-8-13-10-18(12-6-7-17(13)9-12)14(19)16-11-4-2-1-3-5-11/h1-5,12-13H,6-10,15H2,(H,16,19)/t12-,13-/m0/s1. The molecule has 1 aromatic rings. The highest BCUT2D eigenvalue weighted by Crippen LogP contribution is 2.25. The predicted octanol–water partition coefficient (Wildman–Crippen LogP) is 0.936. The summed E-state index contributed by atoms with van der Waals surface area (Å²) < 4.78 is 0. The number of piperazine rings is 1. The van der Waals surface area contributed by atoms with E-state index in [1.165, 1.54) is 0 Å². The summed E-state index contributed by atoms with van der Waals surface area (Å²) in [6, 6.07) is 10.2. The van der Waals surface area contributed by atoms with Gasteiger partial charge in [-0.3, -0.25) is 4.90 Å². The van der Waals surface area contributed by atoms with Crippen LogP contribution < -0.4 is 11.1 Å². The number of urea groups is 1. The quantitative estimate of drug-likeness (QED) is 0.832. The molecule has 2 aliphatic rings. The van der Waals surface area contributed by atoms with Crippen molar-refractivity contribution >= 4 is 11.7 Å². The molecule has 2 bridgehead atoms. The van der Waals surface area contributed by atoms with Crippen LogP contribution in [0.3, 0.4) is 0 Å². The fourth-order valence-corrected chi connectivity index (χ4v) is 3.03. The second-order valence-electron chi connectivity index (χ2n) is 5.28. The lowest BCUT2D eigenvalue weighted by Crippen LogP contribution is -2.57. The molecule has 5 heteroatoms. The number of anilines is 1. The molecule has 3 atom stereocenters. The normalized spacial score (nSPS) is 29.3. The Bertz CT molecular complexity index is 450. The van der Waals surface area contributed by atoms with E-state index in [-0.39, 0.29) is 6.03 Å². The number of benzene rings is 1. The van der Waals surface area contributed by atoms with Gasteiger partial charge in [0.05, 0.1) is 0 Å². The van der Waals surface area contributed by atoms with E-state index in [0.29, 0.717) is 18.6 Å². The maximum atomic E-state index is 12.4. The number of para-hydroxylation sites is 1. The smallest absolute Gasteiger partial charge is 0.322 e. The van der Waals surface area contributed by atoms with Gasteiger partial charge in [-0.2, -0.15) is 0 Å². The van der Waals surface area contributed by atoms with Gasteiger partial charge in [-0.05, 0) is 18.6 Å². The first-order valence-electron chi connectivity index (χ1n) is 6.84. The third kappa shape index (κ3) is 2.43. The van der Waals surface area contributed by atoms with Gasteiger partial charge >= 0.3 is 6.03 Å². The van der Waals surface area contributed by atoms with Gasteiger partial charge in [0.15, 0.2) is 0 Å². The van der Waals surface area contributed by atoms with Crippen molar-refractivity contribution in [3.8, 4) is 0 Å². The van der Waals surface area contributed by atoms with Crippen molar-refractivity contribution in [3.63, 3.8) is 0 Å². The zero-order chi connectivity index (χ0) is 13.2. The molecule has 102 valence electrons. The maximum Gasteiger partial charge on any atom is 0.322 e. The Morgan fingerprint density at radius 3 is 2.84 bits per heavy atom. The fraction of sp³-hybridized carbons (Fsp3) is 0.500. The summed E-state index contributed by atoms with van der Waals surface area (Å²) in [6.07, 6.45) is 1.05. The molecule has 2 amide bonds. The minimum atomic E-state index is -0.00352. The van der Waals surface area contributed by atoms with Crippen LogP contribution in [0.1, 0.15) is 6.42 Å². The number of carbonyl (C=O) groups is 1. The largest absolute Gasteiger partial charge is 0.329 e. The van der Waals surface area contributed by atoms with Crippen LogP contribution in [0.25, 0.3) is 0 Å². The Morgan fingerprint density at radius 1 is 1.32 bits per heavy atom. The van der Waals surface area contributed by atoms with Crippen molar-refractivity contribution in [3.05, 3.63) is 30.3 Å². The van der Waals surface area contributed by atoms with E-state index >= 15 is 0 Å². The van der Waals surface area contributed by atoms with Crippen LogP contribution in [0.2, 0.25) is 0 Å². The molecule has 2 aliphatic heterocycles. The molecule has 19 heavy (non-hydrogen) atoms. The molecule has 0 radical (unpaired) electrons. The summed E-state index contributed by atoms with van der Waals surface area (Å²) in [5, 5.41) is 2.97. The van der Waals surface area contributed by atoms with Crippen LogP contribution in [0.4, 0.5) is 10.5 Å². The summed E-state index contributed by atoms with van der Waals surface area (Å²) in [7, 11) is 0. The highest BCUT2D eigenvalue weighted by atomic mass is 16.2. The van der Waals surface area contributed by atoms with E-state index < -0.39 is 0 Å². The van der Waals surface area contributed by atoms with E-state index in [2.05, 4.69) is 10.2 Å². The van der Waals surface area contributed by atoms with E-state index in [1.807, 2.05) is 35.2 Å². The number of hydrogen-bond acceptors (Lipinski definition) is 3. The molecule has 2 fully saturated rings. The average Bonchev–Trinajstić information content (AvgIpc) is 2.84. The summed E-state index contributed by atoms with van der Waals surface area (Å²) in [5.74, 6) is 0. The Labute approximate surface area is 113 Å². The fourth-order valence-electron chi connectivity index (χ4n) is 3.03. The summed E-state index contributed by atoms with van der Waals surface area (Å²) in [5.41, 5.74) is 6.65. The first kappa shape index (κ1) is 12.4. The van der Waals surface area contributed by atoms with Crippen LogP contribution in [-0.2, 0) is 0 Å². The van der Waals surface area contributed by atoms with Gasteiger partial charge in [0, 0.05) is 44.0 Å². The number of nitrogens with zero attached hydrogens (tertiary/aromatic N) is 2. The molecule has 5 nitrogen and oxygen atoms in total. The van der Waals surface area contributed by atoms with Crippen molar-refractivity contribution in [1.29, 1.82) is 0 Å². The molecule has 3 N–H and O–H groups in total. The van der Waals surface area contributed by atoms with Gasteiger partial charge in [0.2, 0.25) is 0 Å². The molecule has 0 saturated carbocycles. The average molecular weight is 260 g/mol. The molecule has 0 spiro atoms. The minimum absolute atomic E-state index is 0.00352. The molecule has 0 aromatic heterocycles. The van der Waals surface area contributed by atoms with E-state index in [9.17, 15) is 4.79 Å². The van der Waals surface area contributed by atoms with Gasteiger partial charge in [-0.25, -0.2) is 4.79 Å². The molecular weight excluding hydrogens is 240 g/mol. The molecule has 3 rings (SSSR count). The topological polar surface area (TPSA) is 61.6 Å². The molecule has 2 heterocycles. The summed E-state index contributed by atoms with van der Waals surface area (Å²) in [4.78, 5) is 16.7. The third-order valence-electron chi connectivity index (χ3n) is 4.12. The van der Waals surface area contributed by atoms with Crippen molar-refractivity contribution < 1.29 is 4.79 Å². The number of hydrogen-bond donors (Lipinski definition) is 2. The van der Waals surface area contributed by atoms with Crippen LogP contribution >= 0.6 is 0 Å². The Balaban J connectivity index is 1.69. The van der Waals surface area contributed by atoms with E-state index in [1.54, 1.807) is 0 Å². The highest BCUT2D eigenvalue weighted by molar-refractivity contribution is 5.89. The lowest BCUT2D eigenvalue weighted by Gasteiger charge is -2.39. The lowest BCUT2D eigenvalue weighted by atomic mass is 10.1. The van der Waals surface area contributed by atoms with Crippen LogP contribution in [0, 0.1) is 0 Å². The van der Waals surface area contributed by atoms with Crippen LogP contribution in [0.5, 0.6) is 0 Å². The lowest BCUT2D eigenvalue weighted by molar-refractivity contribution is 0.113. The van der Waals surface area contributed by atoms with Crippen molar-refractivity contribution in [2.24, 2.45) is 5.73 Å². The molecule has 1 aromatic carbocycles. The Hall–Kier alpha value is -1.59. The zero-order valence-electron chi connectivity index (χ0n) is 11.0. The van der Waals surface area contributed by atoms with Gasteiger partial charge in [-0.15, -0.1) is 0 Å². The SMILES string of the molecule is NC[C@H]1CN(C(=O)Nc2ccccc2)[C@H]2CCN1C2. The number of nitrogens with two attached hydrogens (primary N) is 1. The van der Waals surface area contributed by atoms with Crippen molar-refractivity contribution in [1.82, 2.24) is 9.80 Å². The monoisotopic (exact) mass is 260 g/mol. The van der Waals surface area contributed by atoms with Gasteiger partial charge in [-0.1, -0.05) is 18.2 Å². The number of carbonyl (C=O) groups excluding carboxylic acids is 1. The minimum Gasteiger partial charge on any atom is -0.329 e. The highest BCUT2D eigenvalue weighted by Gasteiger charge is 2.40. The zero-order valence-corrected chi connectivity index (χ0v) is 11.0. The number of rotatable bonds is 2. The third-order valence-corrected chi connectivity index (χ3v) is 4.12. The van der Waals surface area contributed by atoms with E-state index in [0.717, 1.165) is 31.7 Å². The van der Waals surface area contributed by atoms with E-state index in [4.69, 9.17) is 5.73 Å². The summed E-state index contributed by atoms with van der Waals surface area (Å²) in [6.45, 7) is 3.37. The molecule has 0 aliphatic carbocycles. The van der Waals surface area contributed by atoms with Crippen LogP contribution in [-0.4, -0.2) is 54.1 Å². The van der Waals surface area contributed by atoms with Crippen molar-refractivity contribution in [2.75, 3.05) is 31.5 Å². The second kappa shape index (κ2) is 5.19. The van der Waals surface area contributed by atoms with Crippen molar-refractivity contribution in [2.45, 2.75) is 18.5 Å². The Morgan fingerprint density at radius 2 is 2.11 bits per heavy atom. The first-order chi connectivity index (χ1) is 9.28. The summed E-state index contributed by atoms with van der Waals surface area (Å²) >= 11 is 0. The molecule has 2 saturated heterocycles. The van der Waals surface area contributed by atoms with Crippen LogP contribution in [0.15, 0.2) is 30.3 Å². The van der Waals surface area contributed by atoms with Gasteiger partial charge in [0.25, 0.3) is 0 Å². The number of nitrogens with one attached hydrogen (secondary N) is 1. The molecular formula is C14H20N4O. The van der Waals surface area contributed by atoms with Gasteiger partial charge < -0.3 is 16.0 Å². The van der Waals surface area contributed by atoms with Gasteiger partial charge in [0.1, 0.15) is 0 Å². The number of fused-ring (bicyclic) bond motifs is 2.